The third-order valence-electron chi connectivity index (χ3n) is 5.11. The van der Waals surface area contributed by atoms with Gasteiger partial charge in [0.25, 0.3) is 0 Å². The number of carbonyl (C=O) groups is 2. The van der Waals surface area contributed by atoms with Gasteiger partial charge in [-0.1, -0.05) is 56.8 Å². The molecule has 3 N–H and O–H groups in total. The van der Waals surface area contributed by atoms with Crippen molar-refractivity contribution in [2.75, 3.05) is 18.7 Å². The summed E-state index contributed by atoms with van der Waals surface area (Å²) >= 11 is 1.19. The van der Waals surface area contributed by atoms with E-state index >= 15 is 0 Å². The van der Waals surface area contributed by atoms with Crippen LogP contribution in [-0.4, -0.2) is 44.5 Å². The Labute approximate surface area is 185 Å². The Balaban J connectivity index is 1.75. The second kappa shape index (κ2) is 8.58. The van der Waals surface area contributed by atoms with Gasteiger partial charge in [-0.05, 0) is 30.4 Å². The third kappa shape index (κ3) is 4.51. The molecule has 1 aromatic carbocycles. The number of Topliss-reactive ketones (excluding diaryl/α,β-unsaturated/α-hetero) is 1. The molecule has 9 heteroatoms. The van der Waals surface area contributed by atoms with Crippen LogP contribution in [0, 0.1) is 13.8 Å². The maximum absolute atomic E-state index is 12.7. The molecule has 0 aliphatic rings. The average molecular weight is 442 g/mol. The van der Waals surface area contributed by atoms with E-state index in [1.54, 1.807) is 13.8 Å². The smallest absolute Gasteiger partial charge is 0.339 e. The van der Waals surface area contributed by atoms with Gasteiger partial charge in [0.15, 0.2) is 11.6 Å². The number of ketones is 1. The predicted molar refractivity (Wildman–Crippen MR) is 121 cm³/mol. The second-order valence-corrected chi connectivity index (χ2v) is 9.27. The number of aryl methyl sites for hydroxylation is 1. The molecule has 0 saturated heterocycles. The number of benzene rings is 1. The van der Waals surface area contributed by atoms with Gasteiger partial charge in [0, 0.05) is 11.3 Å². The number of H-pyrrole nitrogens is 1. The molecular weight excluding hydrogens is 414 g/mol. The molecule has 0 aliphatic carbocycles. The van der Waals surface area contributed by atoms with Gasteiger partial charge in [-0.3, -0.25) is 4.79 Å². The number of nitrogens with two attached hydrogens (primary N) is 1. The third-order valence-corrected chi connectivity index (χ3v) is 6.05. The fraction of sp³-hybridized carbons (Fsp3) is 0.364. The first-order chi connectivity index (χ1) is 14.5. The molecule has 0 aliphatic heterocycles. The normalized spacial score (nSPS) is 11.5. The zero-order valence-corrected chi connectivity index (χ0v) is 19.4. The molecule has 0 atom stereocenters. The highest BCUT2D eigenvalue weighted by molar-refractivity contribution is 7.99. The lowest BCUT2D eigenvalue weighted by molar-refractivity contribution is 0.0599. The van der Waals surface area contributed by atoms with Gasteiger partial charge in [-0.25, -0.2) is 9.47 Å². The van der Waals surface area contributed by atoms with E-state index in [9.17, 15) is 9.59 Å². The zero-order chi connectivity index (χ0) is 22.9. The largest absolute Gasteiger partial charge is 0.465 e. The fourth-order valence-electron chi connectivity index (χ4n) is 3.33. The molecule has 0 unspecified atom stereocenters. The average Bonchev–Trinajstić information content (AvgIpc) is 3.24. The lowest BCUT2D eigenvalue weighted by atomic mass is 9.87. The lowest BCUT2D eigenvalue weighted by Gasteiger charge is -2.19. The van der Waals surface area contributed by atoms with Crippen molar-refractivity contribution in [2.45, 2.75) is 45.2 Å². The highest BCUT2D eigenvalue weighted by atomic mass is 32.2. The van der Waals surface area contributed by atoms with Gasteiger partial charge < -0.3 is 15.6 Å². The van der Waals surface area contributed by atoms with E-state index in [4.69, 9.17) is 10.6 Å². The molecule has 0 saturated carbocycles. The van der Waals surface area contributed by atoms with Gasteiger partial charge in [-0.15, -0.1) is 10.2 Å². The Kier molecular flexibility index (Phi) is 6.26. The molecule has 0 radical (unpaired) electrons. The number of hydrogen-bond donors (Lipinski definition) is 2. The van der Waals surface area contributed by atoms with E-state index in [2.05, 4.69) is 48.1 Å². The van der Waals surface area contributed by atoms with Crippen molar-refractivity contribution in [1.29, 1.82) is 0 Å². The summed E-state index contributed by atoms with van der Waals surface area (Å²) in [5, 5.41) is 8.74. The van der Waals surface area contributed by atoms with Crippen LogP contribution >= 0.6 is 11.8 Å². The molecule has 2 heterocycles. The van der Waals surface area contributed by atoms with Crippen molar-refractivity contribution in [3.63, 3.8) is 0 Å². The molecular formula is C22H27N5O3S. The van der Waals surface area contributed by atoms with Gasteiger partial charge in [0.05, 0.1) is 24.1 Å². The lowest BCUT2D eigenvalue weighted by Crippen LogP contribution is -2.14. The van der Waals surface area contributed by atoms with Crippen LogP contribution in [-0.2, 0) is 10.2 Å². The van der Waals surface area contributed by atoms with Crippen LogP contribution < -0.4 is 5.84 Å². The van der Waals surface area contributed by atoms with Crippen molar-refractivity contribution in [3.8, 4) is 11.4 Å². The molecule has 0 fully saturated rings. The number of aromatic nitrogens is 4. The van der Waals surface area contributed by atoms with E-state index in [-0.39, 0.29) is 17.0 Å². The quantitative estimate of drug-likeness (QED) is 0.259. The number of esters is 1. The van der Waals surface area contributed by atoms with Crippen LogP contribution in [0.5, 0.6) is 0 Å². The molecule has 164 valence electrons. The summed E-state index contributed by atoms with van der Waals surface area (Å²) in [5.74, 6) is 6.17. The highest BCUT2D eigenvalue weighted by Crippen LogP contribution is 2.27. The summed E-state index contributed by atoms with van der Waals surface area (Å²) in [7, 11) is 1.31. The molecule has 0 spiro atoms. The van der Waals surface area contributed by atoms with Crippen LogP contribution in [0.3, 0.4) is 0 Å². The number of nitrogens with zero attached hydrogens (tertiary/aromatic N) is 3. The van der Waals surface area contributed by atoms with Crippen molar-refractivity contribution in [1.82, 2.24) is 19.9 Å². The van der Waals surface area contributed by atoms with Crippen LogP contribution in [0.15, 0.2) is 29.4 Å². The summed E-state index contributed by atoms with van der Waals surface area (Å²) in [6, 6.07) is 8.03. The molecule has 31 heavy (non-hydrogen) atoms. The van der Waals surface area contributed by atoms with Gasteiger partial charge >= 0.3 is 5.97 Å². The van der Waals surface area contributed by atoms with Crippen LogP contribution in [0.1, 0.15) is 58.4 Å². The first-order valence-corrected chi connectivity index (χ1v) is 10.8. The van der Waals surface area contributed by atoms with Crippen molar-refractivity contribution < 1.29 is 14.3 Å². The number of rotatable bonds is 6. The maximum Gasteiger partial charge on any atom is 0.339 e. The number of nitrogen functional groups attached to an aromatic ring is 1. The van der Waals surface area contributed by atoms with E-state index in [1.165, 1.54) is 29.1 Å². The SMILES string of the molecule is COC(=O)c1c(C)[nH]c(C(=O)CSc2nnc(-c3ccc(C(C)(C)C)cc3)n2N)c1C. The predicted octanol–water partition coefficient (Wildman–Crippen LogP) is 3.66. The summed E-state index contributed by atoms with van der Waals surface area (Å²) in [6.07, 6.45) is 0. The number of thioether (sulfide) groups is 1. The fourth-order valence-corrected chi connectivity index (χ4v) is 4.06. The molecule has 0 bridgehead atoms. The first-order valence-electron chi connectivity index (χ1n) is 9.79. The minimum absolute atomic E-state index is 0.0539. The first kappa shape index (κ1) is 22.6. The van der Waals surface area contributed by atoms with Crippen LogP contribution in [0.2, 0.25) is 0 Å². The molecule has 8 nitrogen and oxygen atoms in total. The second-order valence-electron chi connectivity index (χ2n) is 8.33. The number of aromatic amines is 1. The number of ether oxygens (including phenoxy) is 1. The zero-order valence-electron chi connectivity index (χ0n) is 18.6. The van der Waals surface area contributed by atoms with Gasteiger partial charge in [0.1, 0.15) is 0 Å². The number of nitrogens with one attached hydrogen (secondary N) is 1. The van der Waals surface area contributed by atoms with Crippen LogP contribution in [0.25, 0.3) is 11.4 Å². The Morgan fingerprint density at radius 3 is 2.39 bits per heavy atom. The van der Waals surface area contributed by atoms with E-state index < -0.39 is 5.97 Å². The van der Waals surface area contributed by atoms with Crippen molar-refractivity contribution in [2.24, 2.45) is 0 Å². The van der Waals surface area contributed by atoms with Gasteiger partial charge in [-0.2, -0.15) is 0 Å². The van der Waals surface area contributed by atoms with E-state index in [0.29, 0.717) is 33.5 Å². The van der Waals surface area contributed by atoms with E-state index in [1.807, 2.05) is 12.1 Å². The minimum atomic E-state index is -0.471. The molecule has 0 amide bonds. The standard InChI is InChI=1S/C22H27N5O3S/c1-12-17(20(29)30-6)13(2)24-18(12)16(28)11-31-21-26-25-19(27(21)23)14-7-9-15(10-8-14)22(3,4)5/h7-10,24H,11,23H2,1-6H3. The number of carbonyl (C=O) groups excluding carboxylic acids is 2. The number of hydrogen-bond acceptors (Lipinski definition) is 7. The van der Waals surface area contributed by atoms with Crippen molar-refractivity contribution in [3.05, 3.63) is 52.3 Å². The summed E-state index contributed by atoms with van der Waals surface area (Å²) in [5.41, 5.74) is 4.05. The van der Waals surface area contributed by atoms with Crippen LogP contribution in [0.4, 0.5) is 0 Å². The Hall–Kier alpha value is -3.07. The molecule has 3 rings (SSSR count). The Morgan fingerprint density at radius 1 is 1.16 bits per heavy atom. The summed E-state index contributed by atoms with van der Waals surface area (Å²) in [6.45, 7) is 9.91. The topological polar surface area (TPSA) is 116 Å². The monoisotopic (exact) mass is 441 g/mol. The maximum atomic E-state index is 12.7. The highest BCUT2D eigenvalue weighted by Gasteiger charge is 2.23. The Bertz CT molecular complexity index is 1120. The molecule has 3 aromatic rings. The van der Waals surface area contributed by atoms with Gasteiger partial charge in [0.2, 0.25) is 5.16 Å². The summed E-state index contributed by atoms with van der Waals surface area (Å²) in [4.78, 5) is 27.7. The number of methoxy groups -OCH3 is 1. The van der Waals surface area contributed by atoms with E-state index in [0.717, 1.165) is 5.56 Å². The Morgan fingerprint density at radius 2 is 1.81 bits per heavy atom. The summed E-state index contributed by atoms with van der Waals surface area (Å²) < 4.78 is 6.18. The van der Waals surface area contributed by atoms with Crippen molar-refractivity contribution >= 4 is 23.5 Å². The minimum Gasteiger partial charge on any atom is -0.465 e. The molecule has 2 aromatic heterocycles.